The molecule has 2 N–H and O–H groups in total. The quantitative estimate of drug-likeness (QED) is 0.634. The highest BCUT2D eigenvalue weighted by Crippen LogP contribution is 2.30. The van der Waals surface area contributed by atoms with E-state index < -0.39 is 6.29 Å². The number of hydrogen-bond acceptors (Lipinski definition) is 5. The third-order valence-electron chi connectivity index (χ3n) is 3.90. The number of benzene rings is 2. The van der Waals surface area contributed by atoms with Crippen LogP contribution in [0, 0.1) is 0 Å². The highest BCUT2D eigenvalue weighted by molar-refractivity contribution is 6.02. The zero-order valence-electron chi connectivity index (χ0n) is 14.5. The van der Waals surface area contributed by atoms with E-state index in [2.05, 4.69) is 5.32 Å². The fourth-order valence-corrected chi connectivity index (χ4v) is 2.57. The molecular weight excluding hydrogens is 334 g/mol. The number of ether oxygens (including phenoxy) is 3. The van der Waals surface area contributed by atoms with Gasteiger partial charge in [0, 0.05) is 11.6 Å². The molecule has 1 aliphatic rings. The molecular formula is C20H21NO5. The van der Waals surface area contributed by atoms with E-state index in [-0.39, 0.29) is 11.7 Å². The lowest BCUT2D eigenvalue weighted by Crippen LogP contribution is -2.18. The molecule has 1 heterocycles. The second-order valence-electron chi connectivity index (χ2n) is 5.80. The molecule has 2 aromatic rings. The standard InChI is InChI=1S/C20H21NO5/c1-24-16-5-2-4-14(12-16)6-9-19(23)21-17-13-15(7-8-18(17)22)20-25-10-3-11-26-20/h2,4-9,12-13,20,22H,3,10-11H2,1H3,(H,21,23)/b9-6+. The second-order valence-corrected chi connectivity index (χ2v) is 5.80. The lowest BCUT2D eigenvalue weighted by molar-refractivity contribution is -0.183. The van der Waals surface area contributed by atoms with Gasteiger partial charge in [0.1, 0.15) is 11.5 Å². The van der Waals surface area contributed by atoms with Crippen molar-refractivity contribution in [1.82, 2.24) is 0 Å². The lowest BCUT2D eigenvalue weighted by atomic mass is 10.1. The molecule has 2 aromatic carbocycles. The number of aromatic hydroxyl groups is 1. The Morgan fingerprint density at radius 2 is 2.04 bits per heavy atom. The maximum absolute atomic E-state index is 12.2. The lowest BCUT2D eigenvalue weighted by Gasteiger charge is -2.24. The minimum absolute atomic E-state index is 0.0207. The second kappa shape index (κ2) is 8.51. The summed E-state index contributed by atoms with van der Waals surface area (Å²) < 4.78 is 16.2. The molecule has 0 aromatic heterocycles. The zero-order valence-corrected chi connectivity index (χ0v) is 14.5. The van der Waals surface area contributed by atoms with Gasteiger partial charge in [-0.05, 0) is 42.3 Å². The summed E-state index contributed by atoms with van der Waals surface area (Å²) in [5.41, 5.74) is 1.89. The minimum Gasteiger partial charge on any atom is -0.506 e. The highest BCUT2D eigenvalue weighted by atomic mass is 16.7. The maximum Gasteiger partial charge on any atom is 0.248 e. The van der Waals surface area contributed by atoms with E-state index in [0.29, 0.717) is 24.7 Å². The van der Waals surface area contributed by atoms with Crippen molar-refractivity contribution in [2.45, 2.75) is 12.7 Å². The number of methoxy groups -OCH3 is 1. The van der Waals surface area contributed by atoms with Crippen LogP contribution in [0.5, 0.6) is 11.5 Å². The summed E-state index contributed by atoms with van der Waals surface area (Å²) in [5.74, 6) is 0.337. The van der Waals surface area contributed by atoms with Crippen molar-refractivity contribution in [3.8, 4) is 11.5 Å². The van der Waals surface area contributed by atoms with E-state index in [1.54, 1.807) is 25.3 Å². The smallest absolute Gasteiger partial charge is 0.248 e. The van der Waals surface area contributed by atoms with Crippen LogP contribution in [0.1, 0.15) is 23.8 Å². The Balaban J connectivity index is 1.69. The van der Waals surface area contributed by atoms with E-state index in [4.69, 9.17) is 14.2 Å². The topological polar surface area (TPSA) is 77.0 Å². The molecule has 0 unspecified atom stereocenters. The van der Waals surface area contributed by atoms with Gasteiger partial charge in [0.05, 0.1) is 26.0 Å². The van der Waals surface area contributed by atoms with Gasteiger partial charge in [0.15, 0.2) is 6.29 Å². The minimum atomic E-state index is -0.479. The van der Waals surface area contributed by atoms with Crippen molar-refractivity contribution in [2.75, 3.05) is 25.6 Å². The third kappa shape index (κ3) is 4.62. The number of amides is 1. The third-order valence-corrected chi connectivity index (χ3v) is 3.90. The molecule has 0 saturated carbocycles. The van der Waals surface area contributed by atoms with Crippen LogP contribution in [-0.2, 0) is 14.3 Å². The Morgan fingerprint density at radius 1 is 1.23 bits per heavy atom. The van der Waals surface area contributed by atoms with E-state index in [1.165, 1.54) is 12.1 Å². The highest BCUT2D eigenvalue weighted by Gasteiger charge is 2.18. The first-order valence-electron chi connectivity index (χ1n) is 8.35. The summed E-state index contributed by atoms with van der Waals surface area (Å²) in [7, 11) is 1.59. The molecule has 1 fully saturated rings. The number of carbonyl (C=O) groups is 1. The van der Waals surface area contributed by atoms with Gasteiger partial charge in [-0.25, -0.2) is 0 Å². The maximum atomic E-state index is 12.2. The van der Waals surface area contributed by atoms with Crippen molar-refractivity contribution >= 4 is 17.7 Å². The number of nitrogens with one attached hydrogen (secondary N) is 1. The van der Waals surface area contributed by atoms with Gasteiger partial charge >= 0.3 is 0 Å². The molecule has 1 amide bonds. The number of rotatable bonds is 5. The number of carbonyl (C=O) groups excluding carboxylic acids is 1. The molecule has 136 valence electrons. The van der Waals surface area contributed by atoms with Gasteiger partial charge < -0.3 is 24.6 Å². The summed E-state index contributed by atoms with van der Waals surface area (Å²) in [5, 5.41) is 12.7. The van der Waals surface area contributed by atoms with Crippen molar-refractivity contribution < 1.29 is 24.1 Å². The first-order chi connectivity index (χ1) is 12.7. The Kier molecular flexibility index (Phi) is 5.88. The van der Waals surface area contributed by atoms with Crippen LogP contribution in [0.2, 0.25) is 0 Å². The van der Waals surface area contributed by atoms with Gasteiger partial charge in [-0.3, -0.25) is 4.79 Å². The molecule has 0 bridgehead atoms. The number of phenolic OH excluding ortho intramolecular Hbond substituents is 1. The summed E-state index contributed by atoms with van der Waals surface area (Å²) in [6.45, 7) is 1.24. The Morgan fingerprint density at radius 3 is 2.81 bits per heavy atom. The normalized spacial score (nSPS) is 15.1. The largest absolute Gasteiger partial charge is 0.506 e. The molecule has 26 heavy (non-hydrogen) atoms. The molecule has 1 aliphatic heterocycles. The van der Waals surface area contributed by atoms with Gasteiger partial charge in [0.2, 0.25) is 5.91 Å². The number of anilines is 1. The molecule has 0 aliphatic carbocycles. The Labute approximate surface area is 152 Å². The van der Waals surface area contributed by atoms with Crippen molar-refractivity contribution in [2.24, 2.45) is 0 Å². The van der Waals surface area contributed by atoms with Crippen LogP contribution in [0.4, 0.5) is 5.69 Å². The van der Waals surface area contributed by atoms with Crippen LogP contribution in [0.3, 0.4) is 0 Å². The molecule has 0 spiro atoms. The van der Waals surface area contributed by atoms with E-state index in [9.17, 15) is 9.90 Å². The van der Waals surface area contributed by atoms with Gasteiger partial charge in [-0.15, -0.1) is 0 Å². The molecule has 6 heteroatoms. The molecule has 6 nitrogen and oxygen atoms in total. The Bertz CT molecular complexity index is 797. The van der Waals surface area contributed by atoms with Crippen LogP contribution in [0.25, 0.3) is 6.08 Å². The van der Waals surface area contributed by atoms with Gasteiger partial charge in [-0.1, -0.05) is 18.2 Å². The molecule has 0 atom stereocenters. The monoisotopic (exact) mass is 355 g/mol. The molecule has 0 radical (unpaired) electrons. The average Bonchev–Trinajstić information content (AvgIpc) is 2.69. The van der Waals surface area contributed by atoms with Crippen molar-refractivity contribution in [1.29, 1.82) is 0 Å². The van der Waals surface area contributed by atoms with Crippen LogP contribution < -0.4 is 10.1 Å². The summed E-state index contributed by atoms with van der Waals surface area (Å²) >= 11 is 0. The van der Waals surface area contributed by atoms with Gasteiger partial charge in [-0.2, -0.15) is 0 Å². The fraction of sp³-hybridized carbons (Fsp3) is 0.250. The van der Waals surface area contributed by atoms with Crippen LogP contribution >= 0.6 is 0 Å². The van der Waals surface area contributed by atoms with Crippen molar-refractivity contribution in [3.63, 3.8) is 0 Å². The average molecular weight is 355 g/mol. The fourth-order valence-electron chi connectivity index (χ4n) is 2.57. The Hall–Kier alpha value is -2.83. The number of hydrogen-bond donors (Lipinski definition) is 2. The van der Waals surface area contributed by atoms with E-state index in [1.807, 2.05) is 24.3 Å². The first-order valence-corrected chi connectivity index (χ1v) is 8.35. The van der Waals surface area contributed by atoms with Crippen LogP contribution in [0.15, 0.2) is 48.5 Å². The van der Waals surface area contributed by atoms with E-state index in [0.717, 1.165) is 17.5 Å². The SMILES string of the molecule is COc1cccc(/C=C/C(=O)Nc2cc(C3OCCCO3)ccc2O)c1. The molecule has 3 rings (SSSR count). The van der Waals surface area contributed by atoms with Crippen LogP contribution in [-0.4, -0.2) is 31.3 Å². The van der Waals surface area contributed by atoms with Crippen molar-refractivity contribution in [3.05, 3.63) is 59.7 Å². The predicted molar refractivity (Wildman–Crippen MR) is 98.0 cm³/mol. The summed E-state index contributed by atoms with van der Waals surface area (Å²) in [6.07, 6.45) is 3.45. The predicted octanol–water partition coefficient (Wildman–Crippen LogP) is 3.49. The summed E-state index contributed by atoms with van der Waals surface area (Å²) in [6, 6.07) is 12.2. The van der Waals surface area contributed by atoms with Gasteiger partial charge in [0.25, 0.3) is 0 Å². The zero-order chi connectivity index (χ0) is 18.4. The number of phenols is 1. The summed E-state index contributed by atoms with van der Waals surface area (Å²) in [4.78, 5) is 12.2. The van der Waals surface area contributed by atoms with E-state index >= 15 is 0 Å². The molecule has 1 saturated heterocycles. The first kappa shape index (κ1) is 18.0.